The van der Waals surface area contributed by atoms with E-state index in [0.717, 1.165) is 0 Å². The van der Waals surface area contributed by atoms with Crippen molar-refractivity contribution < 1.29 is 0 Å². The molecule has 0 radical (unpaired) electrons. The van der Waals surface area contributed by atoms with Gasteiger partial charge in [-0.15, -0.1) is 0 Å². The van der Waals surface area contributed by atoms with Crippen LogP contribution in [0.5, 0.6) is 0 Å². The Labute approximate surface area is 146 Å². The molecule has 1 aliphatic rings. The Morgan fingerprint density at radius 3 is 2.25 bits per heavy atom. The highest BCUT2D eigenvalue weighted by Gasteiger charge is 2.18. The van der Waals surface area contributed by atoms with Crippen LogP contribution in [-0.2, 0) is 0 Å². The summed E-state index contributed by atoms with van der Waals surface area (Å²) in [5.74, 6) is 1.05. The van der Waals surface area contributed by atoms with Gasteiger partial charge in [0.1, 0.15) is 0 Å². The molecule has 0 saturated carbocycles. The molecule has 0 aliphatic carbocycles. The molecule has 0 aromatic heterocycles. The molecule has 24 heavy (non-hydrogen) atoms. The van der Waals surface area contributed by atoms with Crippen LogP contribution in [0.1, 0.15) is 50.8 Å². The fraction of sp³-hybridized carbons (Fsp3) is 0.304. The molecule has 1 heteroatoms. The van der Waals surface area contributed by atoms with Gasteiger partial charge in [-0.3, -0.25) is 0 Å². The summed E-state index contributed by atoms with van der Waals surface area (Å²) in [5.41, 5.74) is 6.76. The van der Waals surface area contributed by atoms with Crippen LogP contribution in [0.2, 0.25) is 0 Å². The van der Waals surface area contributed by atoms with Gasteiger partial charge in [-0.05, 0) is 58.0 Å². The minimum atomic E-state index is 0.244. The smallest absolute Gasteiger partial charge is 0.0701 e. The van der Waals surface area contributed by atoms with Gasteiger partial charge < -0.3 is 5.32 Å². The first-order chi connectivity index (χ1) is 11.6. The maximum atomic E-state index is 3.54. The lowest BCUT2D eigenvalue weighted by Crippen LogP contribution is -2.19. The molecule has 1 nitrogen and oxygen atoms in total. The molecule has 1 N–H and O–H groups in total. The van der Waals surface area contributed by atoms with E-state index in [1.54, 1.807) is 0 Å². The Kier molecular flexibility index (Phi) is 4.89. The van der Waals surface area contributed by atoms with Crippen LogP contribution in [0.4, 0.5) is 0 Å². The highest BCUT2D eigenvalue weighted by molar-refractivity contribution is 5.65. The van der Waals surface area contributed by atoms with Crippen LogP contribution in [-0.4, -0.2) is 0 Å². The maximum Gasteiger partial charge on any atom is 0.0701 e. The third-order valence-electron chi connectivity index (χ3n) is 4.73. The van der Waals surface area contributed by atoms with E-state index in [9.17, 15) is 0 Å². The van der Waals surface area contributed by atoms with E-state index < -0.39 is 0 Å². The lowest BCUT2D eigenvalue weighted by Gasteiger charge is -2.25. The third-order valence-corrected chi connectivity index (χ3v) is 4.73. The average Bonchev–Trinajstić information content (AvgIpc) is 2.62. The Hall–Kier alpha value is -2.28. The summed E-state index contributed by atoms with van der Waals surface area (Å²) in [6.45, 7) is 9.05. The van der Waals surface area contributed by atoms with Crippen molar-refractivity contribution in [2.75, 3.05) is 0 Å². The monoisotopic (exact) mass is 317 g/mol. The van der Waals surface area contributed by atoms with Crippen molar-refractivity contribution in [1.29, 1.82) is 0 Å². The van der Waals surface area contributed by atoms with E-state index in [-0.39, 0.29) is 6.04 Å². The second kappa shape index (κ2) is 7.09. The fourth-order valence-electron chi connectivity index (χ4n) is 3.29. The molecule has 124 valence electrons. The highest BCUT2D eigenvalue weighted by atomic mass is 14.9. The fourth-order valence-corrected chi connectivity index (χ4v) is 3.29. The zero-order chi connectivity index (χ0) is 17.1. The van der Waals surface area contributed by atoms with E-state index >= 15 is 0 Å². The van der Waals surface area contributed by atoms with Gasteiger partial charge in [0.15, 0.2) is 0 Å². The van der Waals surface area contributed by atoms with Crippen molar-refractivity contribution in [3.63, 3.8) is 0 Å². The van der Waals surface area contributed by atoms with Crippen LogP contribution < -0.4 is 5.32 Å². The van der Waals surface area contributed by atoms with Crippen LogP contribution >= 0.6 is 0 Å². The number of dihydropyridines is 1. The standard InChI is InChI=1S/C23H27N/c1-16(2)19-12-13-24-23(15-19)22-14-20(10-11-21(22)17(3)4)18-8-6-5-7-9-18/h5-17,23-24H,1-4H3. The molecule has 2 aromatic carbocycles. The largest absolute Gasteiger partial charge is 0.381 e. The van der Waals surface area contributed by atoms with E-state index in [1.807, 2.05) is 0 Å². The second-order valence-electron chi connectivity index (χ2n) is 7.16. The van der Waals surface area contributed by atoms with Gasteiger partial charge in [0.05, 0.1) is 6.04 Å². The Bertz CT molecular complexity index is 751. The summed E-state index contributed by atoms with van der Waals surface area (Å²) in [7, 11) is 0. The molecule has 0 bridgehead atoms. The van der Waals surface area contributed by atoms with E-state index in [1.165, 1.54) is 27.8 Å². The van der Waals surface area contributed by atoms with Crippen LogP contribution in [0.15, 0.2) is 72.5 Å². The molecule has 1 atom stereocenters. The number of allylic oxidation sites excluding steroid dienone is 2. The summed E-state index contributed by atoms with van der Waals surface area (Å²) in [6, 6.07) is 17.8. The molecule has 0 spiro atoms. The molecule has 0 fully saturated rings. The molecule has 2 aromatic rings. The van der Waals surface area contributed by atoms with Gasteiger partial charge in [-0.1, -0.05) is 76.2 Å². The maximum absolute atomic E-state index is 3.54. The SMILES string of the molecule is CC(C)C1=CC(c2cc(-c3ccccc3)ccc2C(C)C)NC=C1. The predicted octanol–water partition coefficient (Wildman–Crippen LogP) is 6.22. The molecular formula is C23H27N. The number of rotatable bonds is 4. The average molecular weight is 317 g/mol. The molecule has 0 saturated heterocycles. The molecule has 1 aliphatic heterocycles. The summed E-state index contributed by atoms with van der Waals surface area (Å²) >= 11 is 0. The molecule has 3 rings (SSSR count). The van der Waals surface area contributed by atoms with E-state index in [0.29, 0.717) is 11.8 Å². The highest BCUT2D eigenvalue weighted by Crippen LogP contribution is 2.33. The first kappa shape index (κ1) is 16.6. The number of benzene rings is 2. The first-order valence-corrected chi connectivity index (χ1v) is 8.90. The molecular weight excluding hydrogens is 290 g/mol. The predicted molar refractivity (Wildman–Crippen MR) is 104 cm³/mol. The summed E-state index contributed by atoms with van der Waals surface area (Å²) in [6.07, 6.45) is 6.66. The molecule has 0 amide bonds. The van der Waals surface area contributed by atoms with E-state index in [4.69, 9.17) is 0 Å². The zero-order valence-corrected chi connectivity index (χ0v) is 15.1. The summed E-state index contributed by atoms with van der Waals surface area (Å²) in [5, 5.41) is 3.54. The second-order valence-corrected chi connectivity index (χ2v) is 7.16. The van der Waals surface area contributed by atoms with E-state index in [2.05, 4.69) is 99.9 Å². The van der Waals surface area contributed by atoms with Gasteiger partial charge in [0.2, 0.25) is 0 Å². The number of hydrogen-bond acceptors (Lipinski definition) is 1. The Balaban J connectivity index is 2.06. The normalized spacial score (nSPS) is 17.1. The van der Waals surface area contributed by atoms with Crippen molar-refractivity contribution in [2.45, 2.75) is 39.7 Å². The van der Waals surface area contributed by atoms with Crippen LogP contribution in [0.25, 0.3) is 11.1 Å². The summed E-state index contributed by atoms with van der Waals surface area (Å²) in [4.78, 5) is 0. The van der Waals surface area contributed by atoms with Gasteiger partial charge in [-0.25, -0.2) is 0 Å². The van der Waals surface area contributed by atoms with Crippen molar-refractivity contribution >= 4 is 0 Å². The van der Waals surface area contributed by atoms with Crippen molar-refractivity contribution in [3.05, 3.63) is 83.6 Å². The van der Waals surface area contributed by atoms with Gasteiger partial charge in [0.25, 0.3) is 0 Å². The topological polar surface area (TPSA) is 12.0 Å². The van der Waals surface area contributed by atoms with Gasteiger partial charge in [-0.2, -0.15) is 0 Å². The Morgan fingerprint density at radius 2 is 1.58 bits per heavy atom. The van der Waals surface area contributed by atoms with Gasteiger partial charge in [0, 0.05) is 0 Å². The Morgan fingerprint density at radius 1 is 0.833 bits per heavy atom. The summed E-state index contributed by atoms with van der Waals surface area (Å²) < 4.78 is 0. The first-order valence-electron chi connectivity index (χ1n) is 8.90. The quantitative estimate of drug-likeness (QED) is 0.706. The third kappa shape index (κ3) is 3.46. The van der Waals surface area contributed by atoms with Crippen LogP contribution in [0.3, 0.4) is 0 Å². The molecule has 1 heterocycles. The van der Waals surface area contributed by atoms with Gasteiger partial charge >= 0.3 is 0 Å². The lowest BCUT2D eigenvalue weighted by atomic mass is 9.87. The van der Waals surface area contributed by atoms with Crippen molar-refractivity contribution in [3.8, 4) is 11.1 Å². The minimum Gasteiger partial charge on any atom is -0.381 e. The minimum absolute atomic E-state index is 0.244. The van der Waals surface area contributed by atoms with Crippen molar-refractivity contribution in [1.82, 2.24) is 5.32 Å². The number of nitrogens with one attached hydrogen (secondary N) is 1. The van der Waals surface area contributed by atoms with Crippen LogP contribution in [0, 0.1) is 5.92 Å². The molecule has 1 unspecified atom stereocenters. The zero-order valence-electron chi connectivity index (χ0n) is 15.1. The number of hydrogen-bond donors (Lipinski definition) is 1. The van der Waals surface area contributed by atoms with Crippen molar-refractivity contribution in [2.24, 2.45) is 5.92 Å². The lowest BCUT2D eigenvalue weighted by molar-refractivity contribution is 0.684.